The average molecular weight is 167 g/mol. The van der Waals surface area contributed by atoms with Crippen molar-refractivity contribution in [3.63, 3.8) is 0 Å². The lowest BCUT2D eigenvalue weighted by Gasteiger charge is -2.03. The summed E-state index contributed by atoms with van der Waals surface area (Å²) in [6.45, 7) is 2.79. The monoisotopic (exact) mass is 167 g/mol. The van der Waals surface area contributed by atoms with Crippen molar-refractivity contribution in [1.82, 2.24) is 0 Å². The SMILES string of the molecule is CCCCOc1c[c]c(F)cc1. The van der Waals surface area contributed by atoms with E-state index >= 15 is 0 Å². The smallest absolute Gasteiger partial charge is 0.131 e. The van der Waals surface area contributed by atoms with E-state index in [1.165, 1.54) is 12.1 Å². The van der Waals surface area contributed by atoms with Crippen molar-refractivity contribution in [3.05, 3.63) is 30.1 Å². The van der Waals surface area contributed by atoms with Gasteiger partial charge in [-0.05, 0) is 24.6 Å². The van der Waals surface area contributed by atoms with E-state index in [1.807, 2.05) is 0 Å². The Morgan fingerprint density at radius 2 is 2.33 bits per heavy atom. The van der Waals surface area contributed by atoms with Crippen LogP contribution in [0.25, 0.3) is 0 Å². The molecule has 0 fully saturated rings. The highest BCUT2D eigenvalue weighted by Crippen LogP contribution is 2.10. The summed E-state index contributed by atoms with van der Waals surface area (Å²) in [5.41, 5.74) is 0. The normalized spacial score (nSPS) is 9.83. The van der Waals surface area contributed by atoms with Gasteiger partial charge in [0.1, 0.15) is 11.6 Å². The second-order valence-electron chi connectivity index (χ2n) is 2.57. The fourth-order valence-corrected chi connectivity index (χ4v) is 0.816. The van der Waals surface area contributed by atoms with Gasteiger partial charge in [-0.15, -0.1) is 0 Å². The van der Waals surface area contributed by atoms with Crippen LogP contribution in [0.4, 0.5) is 4.39 Å². The first kappa shape index (κ1) is 9.04. The van der Waals surface area contributed by atoms with Gasteiger partial charge < -0.3 is 4.74 Å². The van der Waals surface area contributed by atoms with Gasteiger partial charge >= 0.3 is 0 Å². The van der Waals surface area contributed by atoms with E-state index in [0.29, 0.717) is 12.4 Å². The Labute approximate surface area is 72.2 Å². The Morgan fingerprint density at radius 1 is 1.50 bits per heavy atom. The molecular formula is C10H12FO. The first-order valence-corrected chi connectivity index (χ1v) is 4.13. The zero-order chi connectivity index (χ0) is 8.81. The van der Waals surface area contributed by atoms with E-state index in [1.54, 1.807) is 6.07 Å². The molecule has 0 N–H and O–H groups in total. The van der Waals surface area contributed by atoms with Gasteiger partial charge in [-0.3, -0.25) is 0 Å². The van der Waals surface area contributed by atoms with Crippen molar-refractivity contribution < 1.29 is 9.13 Å². The van der Waals surface area contributed by atoms with Crippen LogP contribution in [0.1, 0.15) is 19.8 Å². The van der Waals surface area contributed by atoms with Crippen molar-refractivity contribution in [1.29, 1.82) is 0 Å². The van der Waals surface area contributed by atoms with Gasteiger partial charge in [0.2, 0.25) is 0 Å². The Kier molecular flexibility index (Phi) is 3.58. The van der Waals surface area contributed by atoms with Crippen LogP contribution in [0, 0.1) is 11.9 Å². The summed E-state index contributed by atoms with van der Waals surface area (Å²) in [6, 6.07) is 6.92. The molecule has 0 saturated heterocycles. The fraction of sp³-hybridized carbons (Fsp3) is 0.400. The maximum Gasteiger partial charge on any atom is 0.131 e. The minimum absolute atomic E-state index is 0.349. The second-order valence-corrected chi connectivity index (χ2v) is 2.57. The molecular weight excluding hydrogens is 155 g/mol. The van der Waals surface area contributed by atoms with Gasteiger partial charge in [-0.25, -0.2) is 4.39 Å². The maximum atomic E-state index is 12.4. The third-order valence-electron chi connectivity index (χ3n) is 1.51. The summed E-state index contributed by atoms with van der Waals surface area (Å²) in [4.78, 5) is 0. The van der Waals surface area contributed by atoms with E-state index in [0.717, 1.165) is 12.8 Å². The molecule has 0 atom stereocenters. The van der Waals surface area contributed by atoms with Crippen LogP contribution in [-0.4, -0.2) is 6.61 Å². The number of hydrogen-bond donors (Lipinski definition) is 0. The lowest BCUT2D eigenvalue weighted by Crippen LogP contribution is -1.95. The van der Waals surface area contributed by atoms with Gasteiger partial charge in [0.15, 0.2) is 0 Å². The van der Waals surface area contributed by atoms with Crippen LogP contribution < -0.4 is 4.74 Å². The molecule has 1 rings (SSSR count). The Hall–Kier alpha value is -1.05. The first-order valence-electron chi connectivity index (χ1n) is 4.13. The summed E-state index contributed by atoms with van der Waals surface area (Å²) in [5.74, 6) is 0.336. The molecule has 65 valence electrons. The number of unbranched alkanes of at least 4 members (excludes halogenated alkanes) is 1. The predicted octanol–water partition coefficient (Wildman–Crippen LogP) is 2.80. The molecule has 1 radical (unpaired) electrons. The molecule has 0 saturated carbocycles. The number of hydrogen-bond acceptors (Lipinski definition) is 1. The van der Waals surface area contributed by atoms with Crippen LogP contribution in [0.2, 0.25) is 0 Å². The molecule has 0 unspecified atom stereocenters. The standard InChI is InChI=1S/C10H12FO/c1-2-3-8-12-10-6-4-9(11)5-7-10/h4,6-7H,2-3,8H2,1H3. The number of rotatable bonds is 4. The van der Waals surface area contributed by atoms with Crippen molar-refractivity contribution in [3.8, 4) is 5.75 Å². The third kappa shape index (κ3) is 2.91. The molecule has 1 nitrogen and oxygen atoms in total. The molecule has 1 aromatic carbocycles. The Morgan fingerprint density at radius 3 is 2.92 bits per heavy atom. The number of halogens is 1. The average Bonchev–Trinajstić information content (AvgIpc) is 2.09. The summed E-state index contributed by atoms with van der Waals surface area (Å²) < 4.78 is 17.7. The summed E-state index contributed by atoms with van der Waals surface area (Å²) in [5, 5.41) is 0. The van der Waals surface area contributed by atoms with Crippen LogP contribution >= 0.6 is 0 Å². The van der Waals surface area contributed by atoms with Crippen molar-refractivity contribution in [2.24, 2.45) is 0 Å². The van der Waals surface area contributed by atoms with Gasteiger partial charge in [0.25, 0.3) is 0 Å². The van der Waals surface area contributed by atoms with E-state index in [2.05, 4.69) is 13.0 Å². The lowest BCUT2D eigenvalue weighted by atomic mass is 10.3. The molecule has 0 aromatic heterocycles. The van der Waals surface area contributed by atoms with Crippen LogP contribution in [0.5, 0.6) is 5.75 Å². The number of ether oxygens (including phenoxy) is 1. The molecule has 0 aliphatic heterocycles. The molecule has 1 aromatic rings. The van der Waals surface area contributed by atoms with E-state index < -0.39 is 0 Å². The predicted molar refractivity (Wildman–Crippen MR) is 45.6 cm³/mol. The highest BCUT2D eigenvalue weighted by Gasteiger charge is 1.93. The van der Waals surface area contributed by atoms with Crippen molar-refractivity contribution in [2.75, 3.05) is 6.61 Å². The Balaban J connectivity index is 2.37. The van der Waals surface area contributed by atoms with Crippen LogP contribution in [0.3, 0.4) is 0 Å². The van der Waals surface area contributed by atoms with E-state index in [4.69, 9.17) is 4.74 Å². The minimum atomic E-state index is -0.349. The van der Waals surface area contributed by atoms with Crippen LogP contribution in [-0.2, 0) is 0 Å². The summed E-state index contributed by atoms with van der Waals surface area (Å²) in [7, 11) is 0. The second kappa shape index (κ2) is 4.75. The molecule has 0 heterocycles. The molecule has 0 spiro atoms. The molecule has 2 heteroatoms. The highest BCUT2D eigenvalue weighted by molar-refractivity contribution is 5.20. The van der Waals surface area contributed by atoms with Crippen LogP contribution in [0.15, 0.2) is 18.2 Å². The third-order valence-corrected chi connectivity index (χ3v) is 1.51. The largest absolute Gasteiger partial charge is 0.494 e. The molecule has 0 amide bonds. The molecule has 0 aliphatic rings. The topological polar surface area (TPSA) is 9.23 Å². The maximum absolute atomic E-state index is 12.4. The summed E-state index contributed by atoms with van der Waals surface area (Å²) >= 11 is 0. The Bertz CT molecular complexity index is 218. The molecule has 12 heavy (non-hydrogen) atoms. The van der Waals surface area contributed by atoms with Gasteiger partial charge in [0, 0.05) is 6.07 Å². The van der Waals surface area contributed by atoms with Gasteiger partial charge in [-0.1, -0.05) is 13.3 Å². The summed E-state index contributed by atoms with van der Waals surface area (Å²) in [6.07, 6.45) is 2.13. The fourth-order valence-electron chi connectivity index (χ4n) is 0.816. The lowest BCUT2D eigenvalue weighted by molar-refractivity contribution is 0.309. The van der Waals surface area contributed by atoms with Crippen molar-refractivity contribution >= 4 is 0 Å². The van der Waals surface area contributed by atoms with E-state index in [9.17, 15) is 4.39 Å². The van der Waals surface area contributed by atoms with E-state index in [-0.39, 0.29) is 5.82 Å². The van der Waals surface area contributed by atoms with Gasteiger partial charge in [-0.2, -0.15) is 0 Å². The zero-order valence-corrected chi connectivity index (χ0v) is 7.14. The van der Waals surface area contributed by atoms with Crippen molar-refractivity contribution in [2.45, 2.75) is 19.8 Å². The quantitative estimate of drug-likeness (QED) is 0.626. The minimum Gasteiger partial charge on any atom is -0.494 e. The molecule has 0 bridgehead atoms. The van der Waals surface area contributed by atoms with Gasteiger partial charge in [0.05, 0.1) is 6.61 Å². The first-order chi connectivity index (χ1) is 5.83. The zero-order valence-electron chi connectivity index (χ0n) is 7.14. The number of benzene rings is 1. The molecule has 0 aliphatic carbocycles. The highest BCUT2D eigenvalue weighted by atomic mass is 19.1.